The topological polar surface area (TPSA) is 12.0 Å². The zero-order chi connectivity index (χ0) is 14.9. The second kappa shape index (κ2) is 6.29. The normalized spacial score (nSPS) is 12.3. The summed E-state index contributed by atoms with van der Waals surface area (Å²) in [5, 5.41) is 3.70. The third-order valence-corrected chi connectivity index (χ3v) is 4.27. The fraction of sp³-hybridized carbons (Fsp3) is 0.143. The third-order valence-electron chi connectivity index (χ3n) is 2.83. The van der Waals surface area contributed by atoms with E-state index in [2.05, 4.69) is 21.2 Å². The molecule has 0 heterocycles. The molecule has 1 unspecified atom stereocenters. The quantitative estimate of drug-likeness (QED) is 0.624. The van der Waals surface area contributed by atoms with Crippen LogP contribution in [0.2, 0.25) is 10.0 Å². The minimum Gasteiger partial charge on any atom is -0.376 e. The summed E-state index contributed by atoms with van der Waals surface area (Å²) in [4.78, 5) is 0. The molecular formula is C14H10BrCl2F2N. The van der Waals surface area contributed by atoms with E-state index in [1.165, 1.54) is 0 Å². The summed E-state index contributed by atoms with van der Waals surface area (Å²) >= 11 is 15.0. The number of hydrogen-bond acceptors (Lipinski definition) is 1. The van der Waals surface area contributed by atoms with E-state index in [1.807, 2.05) is 0 Å². The highest BCUT2D eigenvalue weighted by atomic mass is 79.9. The molecule has 6 heteroatoms. The van der Waals surface area contributed by atoms with Crippen molar-refractivity contribution in [3.63, 3.8) is 0 Å². The van der Waals surface area contributed by atoms with E-state index in [0.717, 1.165) is 12.1 Å². The van der Waals surface area contributed by atoms with Crippen LogP contribution in [0.5, 0.6) is 0 Å². The summed E-state index contributed by atoms with van der Waals surface area (Å²) in [5.74, 6) is -1.10. The van der Waals surface area contributed by atoms with Crippen LogP contribution in [0.3, 0.4) is 0 Å². The maximum absolute atomic E-state index is 13.8. The van der Waals surface area contributed by atoms with E-state index in [-0.39, 0.29) is 16.2 Å². The van der Waals surface area contributed by atoms with Gasteiger partial charge in [0.1, 0.15) is 11.6 Å². The molecule has 0 saturated heterocycles. The lowest BCUT2D eigenvalue weighted by Gasteiger charge is -2.18. The molecule has 2 aromatic rings. The SMILES string of the molecule is CC(Nc1cc(F)c(Br)cc1F)c1cccc(Cl)c1Cl. The third kappa shape index (κ3) is 3.25. The van der Waals surface area contributed by atoms with Crippen LogP contribution < -0.4 is 5.32 Å². The summed E-state index contributed by atoms with van der Waals surface area (Å²) < 4.78 is 27.3. The number of hydrogen-bond donors (Lipinski definition) is 1. The van der Waals surface area contributed by atoms with Crippen LogP contribution in [0.1, 0.15) is 18.5 Å². The Hall–Kier alpha value is -0.840. The smallest absolute Gasteiger partial charge is 0.147 e. The zero-order valence-corrected chi connectivity index (χ0v) is 13.5. The average molecular weight is 381 g/mol. The Morgan fingerprint density at radius 3 is 2.55 bits per heavy atom. The van der Waals surface area contributed by atoms with Crippen molar-refractivity contribution in [2.45, 2.75) is 13.0 Å². The first-order valence-corrected chi connectivity index (χ1v) is 7.30. The van der Waals surface area contributed by atoms with Crippen molar-refractivity contribution in [1.29, 1.82) is 0 Å². The maximum atomic E-state index is 13.8. The van der Waals surface area contributed by atoms with Crippen LogP contribution in [-0.2, 0) is 0 Å². The zero-order valence-electron chi connectivity index (χ0n) is 10.4. The summed E-state index contributed by atoms with van der Waals surface area (Å²) in [5.41, 5.74) is 0.774. The van der Waals surface area contributed by atoms with Crippen LogP contribution in [0.15, 0.2) is 34.8 Å². The highest BCUT2D eigenvalue weighted by molar-refractivity contribution is 9.10. The summed E-state index contributed by atoms with van der Waals surface area (Å²) in [6, 6.07) is 7.04. The lowest BCUT2D eigenvalue weighted by Crippen LogP contribution is -2.09. The van der Waals surface area contributed by atoms with Gasteiger partial charge in [-0.05, 0) is 40.5 Å². The standard InChI is InChI=1S/C14H10BrCl2F2N/c1-7(8-3-2-4-10(16)14(8)17)20-13-6-11(18)9(15)5-12(13)19/h2-7,20H,1H3. The Labute approximate surface area is 134 Å². The van der Waals surface area contributed by atoms with Gasteiger partial charge in [0.05, 0.1) is 26.2 Å². The van der Waals surface area contributed by atoms with Crippen LogP contribution in [0, 0.1) is 11.6 Å². The molecule has 0 aliphatic heterocycles. The van der Waals surface area contributed by atoms with E-state index in [4.69, 9.17) is 23.2 Å². The first kappa shape index (κ1) is 15.5. The molecule has 106 valence electrons. The van der Waals surface area contributed by atoms with Gasteiger partial charge in [-0.3, -0.25) is 0 Å². The van der Waals surface area contributed by atoms with E-state index >= 15 is 0 Å². The maximum Gasteiger partial charge on any atom is 0.147 e. The molecule has 0 saturated carbocycles. The van der Waals surface area contributed by atoms with Gasteiger partial charge >= 0.3 is 0 Å². The van der Waals surface area contributed by atoms with Gasteiger partial charge in [0.2, 0.25) is 0 Å². The van der Waals surface area contributed by atoms with Crippen LogP contribution in [0.4, 0.5) is 14.5 Å². The van der Waals surface area contributed by atoms with Gasteiger partial charge in [0, 0.05) is 6.07 Å². The lowest BCUT2D eigenvalue weighted by atomic mass is 10.1. The molecular weight excluding hydrogens is 371 g/mol. The molecule has 0 spiro atoms. The Balaban J connectivity index is 2.30. The van der Waals surface area contributed by atoms with Crippen LogP contribution in [-0.4, -0.2) is 0 Å². The van der Waals surface area contributed by atoms with Crippen molar-refractivity contribution in [3.05, 3.63) is 62.0 Å². The van der Waals surface area contributed by atoms with Crippen molar-refractivity contribution >= 4 is 44.8 Å². The minimum atomic E-state index is -0.553. The van der Waals surface area contributed by atoms with Crippen molar-refractivity contribution < 1.29 is 8.78 Å². The van der Waals surface area contributed by atoms with Crippen LogP contribution >= 0.6 is 39.1 Å². The molecule has 0 aromatic heterocycles. The van der Waals surface area contributed by atoms with Gasteiger partial charge < -0.3 is 5.32 Å². The second-order valence-electron chi connectivity index (χ2n) is 4.26. The highest BCUT2D eigenvalue weighted by Crippen LogP contribution is 2.32. The molecule has 0 fully saturated rings. The predicted octanol–water partition coefficient (Wildman–Crippen LogP) is 6.21. The molecule has 2 rings (SSSR count). The Morgan fingerprint density at radius 2 is 1.85 bits per heavy atom. The van der Waals surface area contributed by atoms with Gasteiger partial charge in [-0.15, -0.1) is 0 Å². The van der Waals surface area contributed by atoms with Crippen molar-refractivity contribution in [3.8, 4) is 0 Å². The van der Waals surface area contributed by atoms with Gasteiger partial charge in [-0.2, -0.15) is 0 Å². The molecule has 1 atom stereocenters. The first-order chi connectivity index (χ1) is 9.40. The van der Waals surface area contributed by atoms with Gasteiger partial charge in [-0.1, -0.05) is 35.3 Å². The van der Waals surface area contributed by atoms with E-state index in [9.17, 15) is 8.78 Å². The summed E-state index contributed by atoms with van der Waals surface area (Å²) in [6.45, 7) is 1.79. The van der Waals surface area contributed by atoms with E-state index in [1.54, 1.807) is 25.1 Å². The Morgan fingerprint density at radius 1 is 1.15 bits per heavy atom. The van der Waals surface area contributed by atoms with Crippen molar-refractivity contribution in [2.75, 3.05) is 5.32 Å². The molecule has 0 bridgehead atoms. The van der Waals surface area contributed by atoms with Gasteiger partial charge in [-0.25, -0.2) is 8.78 Å². The predicted molar refractivity (Wildman–Crippen MR) is 82.6 cm³/mol. The molecule has 2 aromatic carbocycles. The molecule has 0 radical (unpaired) electrons. The van der Waals surface area contributed by atoms with Gasteiger partial charge in [0.15, 0.2) is 0 Å². The Bertz CT molecular complexity index is 649. The number of benzene rings is 2. The van der Waals surface area contributed by atoms with Crippen molar-refractivity contribution in [2.24, 2.45) is 0 Å². The first-order valence-electron chi connectivity index (χ1n) is 5.75. The molecule has 1 nitrogen and oxygen atoms in total. The van der Waals surface area contributed by atoms with Crippen LogP contribution in [0.25, 0.3) is 0 Å². The summed E-state index contributed by atoms with van der Waals surface area (Å²) in [7, 11) is 0. The monoisotopic (exact) mass is 379 g/mol. The largest absolute Gasteiger partial charge is 0.376 e. The number of anilines is 1. The van der Waals surface area contributed by atoms with E-state index in [0.29, 0.717) is 15.6 Å². The average Bonchev–Trinajstić information content (AvgIpc) is 2.39. The van der Waals surface area contributed by atoms with Gasteiger partial charge in [0.25, 0.3) is 0 Å². The summed E-state index contributed by atoms with van der Waals surface area (Å²) in [6.07, 6.45) is 0. The molecule has 20 heavy (non-hydrogen) atoms. The fourth-order valence-corrected chi connectivity index (χ4v) is 2.59. The van der Waals surface area contributed by atoms with E-state index < -0.39 is 11.6 Å². The second-order valence-corrected chi connectivity index (χ2v) is 5.89. The lowest BCUT2D eigenvalue weighted by molar-refractivity contribution is 0.595. The minimum absolute atomic E-state index is 0.0641. The highest BCUT2D eigenvalue weighted by Gasteiger charge is 2.15. The molecule has 0 amide bonds. The fourth-order valence-electron chi connectivity index (χ4n) is 1.80. The molecule has 0 aliphatic carbocycles. The Kier molecular flexibility index (Phi) is 4.89. The van der Waals surface area contributed by atoms with Crippen molar-refractivity contribution in [1.82, 2.24) is 0 Å². The number of rotatable bonds is 3. The number of nitrogens with one attached hydrogen (secondary N) is 1. The molecule has 1 N–H and O–H groups in total. The molecule has 0 aliphatic rings. The number of halogens is 5.